The minimum Gasteiger partial charge on any atom is -0.465 e. The van der Waals surface area contributed by atoms with Crippen molar-refractivity contribution >= 4 is 28.7 Å². The number of hydrogen-bond acceptors (Lipinski definition) is 3. The van der Waals surface area contributed by atoms with Crippen LogP contribution in [-0.4, -0.2) is 11.2 Å². The van der Waals surface area contributed by atoms with Gasteiger partial charge in [-0.05, 0) is 65.7 Å². The van der Waals surface area contributed by atoms with Crippen LogP contribution in [0.25, 0.3) is 22.1 Å². The molecule has 0 aliphatic carbocycles. The fourth-order valence-electron chi connectivity index (χ4n) is 2.93. The van der Waals surface area contributed by atoms with E-state index in [2.05, 4.69) is 5.32 Å². The van der Waals surface area contributed by atoms with Gasteiger partial charge in [-0.25, -0.2) is 9.18 Å². The van der Waals surface area contributed by atoms with Gasteiger partial charge in [-0.3, -0.25) is 0 Å². The average molecular weight is 412 g/mol. The first-order valence-corrected chi connectivity index (χ1v) is 9.08. The van der Waals surface area contributed by atoms with Crippen molar-refractivity contribution in [1.29, 1.82) is 0 Å². The molecule has 0 radical (unpaired) electrons. The Kier molecular flexibility index (Phi) is 5.10. The van der Waals surface area contributed by atoms with Gasteiger partial charge in [0.05, 0.1) is 11.6 Å². The monoisotopic (exact) mass is 411 g/mol. The maximum Gasteiger partial charge on any atom is 0.405 e. The Balaban J connectivity index is 1.57. The van der Waals surface area contributed by atoms with Crippen molar-refractivity contribution in [2.24, 2.45) is 0 Å². The van der Waals surface area contributed by atoms with E-state index < -0.39 is 6.09 Å². The Morgan fingerprint density at radius 1 is 1.00 bits per heavy atom. The molecule has 4 rings (SSSR count). The van der Waals surface area contributed by atoms with Crippen LogP contribution in [0, 0.1) is 5.82 Å². The topological polar surface area (TPSA) is 71.7 Å². The summed E-state index contributed by atoms with van der Waals surface area (Å²) < 4.78 is 24.3. The Labute approximate surface area is 170 Å². The van der Waals surface area contributed by atoms with Crippen LogP contribution >= 0.6 is 11.6 Å². The quantitative estimate of drug-likeness (QED) is 0.395. The molecular weight excluding hydrogens is 397 g/mol. The summed E-state index contributed by atoms with van der Waals surface area (Å²) in [5, 5.41) is 12.2. The zero-order valence-corrected chi connectivity index (χ0v) is 15.7. The first kappa shape index (κ1) is 18.8. The van der Waals surface area contributed by atoms with E-state index in [1.807, 2.05) is 30.3 Å². The molecule has 3 aromatic carbocycles. The van der Waals surface area contributed by atoms with Crippen LogP contribution in [0.15, 0.2) is 71.1 Å². The van der Waals surface area contributed by atoms with E-state index in [1.165, 1.54) is 12.1 Å². The van der Waals surface area contributed by atoms with Gasteiger partial charge in [0.25, 0.3) is 0 Å². The maximum absolute atomic E-state index is 13.0. The van der Waals surface area contributed by atoms with E-state index in [1.54, 1.807) is 24.3 Å². The lowest BCUT2D eigenvalue weighted by Crippen LogP contribution is -2.19. The maximum atomic E-state index is 13.0. The summed E-state index contributed by atoms with van der Waals surface area (Å²) in [4.78, 5) is 10.6. The molecule has 1 aromatic heterocycles. The van der Waals surface area contributed by atoms with Crippen LogP contribution in [0.1, 0.15) is 5.76 Å². The van der Waals surface area contributed by atoms with E-state index >= 15 is 0 Å². The number of ether oxygens (including phenoxy) is 1. The smallest absolute Gasteiger partial charge is 0.405 e. The fraction of sp³-hybridized carbons (Fsp3) is 0.0455. The molecule has 29 heavy (non-hydrogen) atoms. The minimum absolute atomic E-state index is 0.0606. The number of nitrogens with one attached hydrogen (secondary N) is 1. The number of furan rings is 1. The van der Waals surface area contributed by atoms with Crippen molar-refractivity contribution in [1.82, 2.24) is 5.32 Å². The molecule has 0 fully saturated rings. The molecule has 0 unspecified atom stereocenters. The molecule has 0 aliphatic heterocycles. The number of carbonyl (C=O) groups is 1. The summed E-state index contributed by atoms with van der Waals surface area (Å²) >= 11 is 6.35. The largest absolute Gasteiger partial charge is 0.465 e. The van der Waals surface area contributed by atoms with Crippen LogP contribution in [0.5, 0.6) is 11.5 Å². The number of hydrogen-bond donors (Lipinski definition) is 2. The van der Waals surface area contributed by atoms with E-state index in [4.69, 9.17) is 25.9 Å². The van der Waals surface area contributed by atoms with E-state index in [0.29, 0.717) is 27.9 Å². The molecule has 0 spiro atoms. The normalized spacial score (nSPS) is 10.8. The summed E-state index contributed by atoms with van der Waals surface area (Å²) in [5.41, 5.74) is 2.31. The van der Waals surface area contributed by atoms with Crippen molar-refractivity contribution in [2.45, 2.75) is 6.54 Å². The highest BCUT2D eigenvalue weighted by Gasteiger charge is 2.11. The van der Waals surface area contributed by atoms with Crippen molar-refractivity contribution < 1.29 is 23.4 Å². The Morgan fingerprint density at radius 2 is 1.66 bits per heavy atom. The summed E-state index contributed by atoms with van der Waals surface area (Å²) in [6.45, 7) is 0.0606. The molecular formula is C22H15ClFNO4. The first-order valence-electron chi connectivity index (χ1n) is 8.70. The number of amides is 1. The predicted molar refractivity (Wildman–Crippen MR) is 108 cm³/mol. The third-order valence-electron chi connectivity index (χ3n) is 4.27. The van der Waals surface area contributed by atoms with Gasteiger partial charge in [-0.2, -0.15) is 0 Å². The number of benzene rings is 3. The van der Waals surface area contributed by atoms with Crippen molar-refractivity contribution in [3.63, 3.8) is 0 Å². The summed E-state index contributed by atoms with van der Waals surface area (Å²) in [5.74, 6) is 1.33. The number of carboxylic acid groups (broad SMARTS) is 1. The second-order valence-electron chi connectivity index (χ2n) is 6.33. The number of rotatable bonds is 5. The number of fused-ring (bicyclic) bond motifs is 1. The van der Waals surface area contributed by atoms with Gasteiger partial charge >= 0.3 is 6.09 Å². The molecule has 2 N–H and O–H groups in total. The standard InChI is InChI=1S/C22H15ClFNO4/c23-20-11-14(9-15-10-19(29-21(15)20)12-25-22(26)27)13-1-5-17(6-2-13)28-18-7-3-16(24)4-8-18/h1-11,25H,12H2,(H,26,27). The lowest BCUT2D eigenvalue weighted by molar-refractivity contribution is 0.193. The van der Waals surface area contributed by atoms with E-state index in [0.717, 1.165) is 16.5 Å². The van der Waals surface area contributed by atoms with Gasteiger partial charge in [-0.15, -0.1) is 0 Å². The molecule has 0 bridgehead atoms. The predicted octanol–water partition coefficient (Wildman–Crippen LogP) is 6.45. The first-order chi connectivity index (χ1) is 14.0. The summed E-state index contributed by atoms with van der Waals surface area (Å²) in [6.07, 6.45) is -1.12. The van der Waals surface area contributed by atoms with Gasteiger partial charge < -0.3 is 19.6 Å². The van der Waals surface area contributed by atoms with Gasteiger partial charge in [0.1, 0.15) is 23.1 Å². The highest BCUT2D eigenvalue weighted by Crippen LogP contribution is 2.34. The fourth-order valence-corrected chi connectivity index (χ4v) is 3.20. The molecule has 146 valence electrons. The van der Waals surface area contributed by atoms with Crippen LogP contribution in [0.2, 0.25) is 5.02 Å². The third-order valence-corrected chi connectivity index (χ3v) is 4.55. The van der Waals surface area contributed by atoms with Crippen LogP contribution in [0.3, 0.4) is 0 Å². The zero-order chi connectivity index (χ0) is 20.4. The van der Waals surface area contributed by atoms with Crippen molar-refractivity contribution in [3.05, 3.63) is 83.3 Å². The second-order valence-corrected chi connectivity index (χ2v) is 6.74. The molecule has 0 saturated heterocycles. The molecule has 0 atom stereocenters. The van der Waals surface area contributed by atoms with Gasteiger partial charge in [-0.1, -0.05) is 23.7 Å². The third kappa shape index (κ3) is 4.33. The Morgan fingerprint density at radius 3 is 2.31 bits per heavy atom. The van der Waals surface area contributed by atoms with Crippen molar-refractivity contribution in [3.8, 4) is 22.6 Å². The highest BCUT2D eigenvalue weighted by molar-refractivity contribution is 6.35. The molecule has 0 aliphatic rings. The molecule has 1 heterocycles. The Bertz CT molecular complexity index is 1170. The van der Waals surface area contributed by atoms with Crippen LogP contribution < -0.4 is 10.1 Å². The second kappa shape index (κ2) is 7.85. The van der Waals surface area contributed by atoms with Gasteiger partial charge in [0, 0.05) is 5.39 Å². The highest BCUT2D eigenvalue weighted by atomic mass is 35.5. The molecule has 4 aromatic rings. The van der Waals surface area contributed by atoms with E-state index in [9.17, 15) is 9.18 Å². The van der Waals surface area contributed by atoms with Crippen LogP contribution in [-0.2, 0) is 6.54 Å². The van der Waals surface area contributed by atoms with Crippen LogP contribution in [0.4, 0.5) is 9.18 Å². The summed E-state index contributed by atoms with van der Waals surface area (Å²) in [6, 6.07) is 18.7. The van der Waals surface area contributed by atoms with Gasteiger partial charge in [0.15, 0.2) is 5.58 Å². The molecule has 1 amide bonds. The summed E-state index contributed by atoms with van der Waals surface area (Å²) in [7, 11) is 0. The average Bonchev–Trinajstić information content (AvgIpc) is 3.12. The minimum atomic E-state index is -1.12. The lowest BCUT2D eigenvalue weighted by Gasteiger charge is -2.07. The lowest BCUT2D eigenvalue weighted by atomic mass is 10.0. The van der Waals surface area contributed by atoms with Gasteiger partial charge in [0.2, 0.25) is 0 Å². The Hall–Kier alpha value is -3.51. The number of halogens is 2. The molecule has 7 heteroatoms. The molecule has 0 saturated carbocycles. The van der Waals surface area contributed by atoms with E-state index in [-0.39, 0.29) is 12.4 Å². The SMILES string of the molecule is O=C(O)NCc1cc2cc(-c3ccc(Oc4ccc(F)cc4)cc3)cc(Cl)c2o1. The molecule has 5 nitrogen and oxygen atoms in total. The zero-order valence-electron chi connectivity index (χ0n) is 15.0. The van der Waals surface area contributed by atoms with Crippen molar-refractivity contribution in [2.75, 3.05) is 0 Å².